The highest BCUT2D eigenvalue weighted by molar-refractivity contribution is 5.76. The Morgan fingerprint density at radius 3 is 3.05 bits per heavy atom. The number of carbonyl (C=O) groups excluding carboxylic acids is 1. The number of rotatable bonds is 6. The van der Waals surface area contributed by atoms with Crippen molar-refractivity contribution in [1.82, 2.24) is 20.2 Å². The number of hydrogen-bond donors (Lipinski definition) is 2. The number of nitrogens with zero attached hydrogens (tertiary/aromatic N) is 2. The van der Waals surface area contributed by atoms with Crippen LogP contribution in [0.1, 0.15) is 63.6 Å². The van der Waals surface area contributed by atoms with E-state index in [-0.39, 0.29) is 5.91 Å². The number of hydrogen-bond acceptors (Lipinski definition) is 3. The van der Waals surface area contributed by atoms with Crippen molar-refractivity contribution >= 4 is 5.91 Å². The molecule has 116 valence electrons. The summed E-state index contributed by atoms with van der Waals surface area (Å²) >= 11 is 0. The van der Waals surface area contributed by atoms with Gasteiger partial charge in [-0.2, -0.15) is 0 Å². The van der Waals surface area contributed by atoms with Crippen LogP contribution in [0.4, 0.5) is 0 Å². The Hall–Kier alpha value is -1.36. The predicted molar refractivity (Wildman–Crippen MR) is 81.8 cm³/mol. The monoisotopic (exact) mass is 290 g/mol. The summed E-state index contributed by atoms with van der Waals surface area (Å²) < 4.78 is 2.21. The van der Waals surface area contributed by atoms with Gasteiger partial charge >= 0.3 is 0 Å². The number of imidazole rings is 1. The summed E-state index contributed by atoms with van der Waals surface area (Å²) in [6.07, 6.45) is 11.4. The van der Waals surface area contributed by atoms with Gasteiger partial charge in [-0.15, -0.1) is 0 Å². The van der Waals surface area contributed by atoms with E-state index in [1.165, 1.54) is 25.0 Å². The summed E-state index contributed by atoms with van der Waals surface area (Å²) in [5, 5.41) is 6.69. The third-order valence-electron chi connectivity index (χ3n) is 4.46. The standard InChI is InChI=1S/C16H26N4O/c1-12-4-2-5-14(18-12)15-10-17-11-20(15)9-3-6-16(21)19-13-7-8-13/h10-14,18H,2-9H2,1H3,(H,19,21). The first-order valence-electron chi connectivity index (χ1n) is 8.28. The summed E-state index contributed by atoms with van der Waals surface area (Å²) in [6, 6.07) is 1.46. The molecule has 0 bridgehead atoms. The van der Waals surface area contributed by atoms with Crippen molar-refractivity contribution in [3.63, 3.8) is 0 Å². The van der Waals surface area contributed by atoms with E-state index in [1.54, 1.807) is 0 Å². The minimum absolute atomic E-state index is 0.198. The van der Waals surface area contributed by atoms with E-state index < -0.39 is 0 Å². The zero-order valence-electron chi connectivity index (χ0n) is 12.8. The lowest BCUT2D eigenvalue weighted by Crippen LogP contribution is -2.35. The zero-order valence-corrected chi connectivity index (χ0v) is 12.8. The molecule has 5 heteroatoms. The fraction of sp³-hybridized carbons (Fsp3) is 0.750. The first-order chi connectivity index (χ1) is 10.2. The molecule has 2 unspecified atom stereocenters. The molecule has 1 aromatic rings. The van der Waals surface area contributed by atoms with Crippen LogP contribution in [0.2, 0.25) is 0 Å². The molecule has 0 aromatic carbocycles. The molecule has 2 atom stereocenters. The molecule has 1 amide bonds. The maximum Gasteiger partial charge on any atom is 0.220 e. The molecule has 1 aliphatic carbocycles. The van der Waals surface area contributed by atoms with Crippen molar-refractivity contribution in [3.8, 4) is 0 Å². The largest absolute Gasteiger partial charge is 0.353 e. The first-order valence-corrected chi connectivity index (χ1v) is 8.28. The number of aromatic nitrogens is 2. The predicted octanol–water partition coefficient (Wildman–Crippen LogP) is 2.15. The van der Waals surface area contributed by atoms with Gasteiger partial charge in [0.05, 0.1) is 12.0 Å². The second kappa shape index (κ2) is 6.60. The molecule has 2 fully saturated rings. The summed E-state index contributed by atoms with van der Waals surface area (Å²) in [7, 11) is 0. The SMILES string of the molecule is CC1CCCC(c2cncn2CCCC(=O)NC2CC2)N1. The van der Waals surface area contributed by atoms with Crippen LogP contribution in [0.5, 0.6) is 0 Å². The van der Waals surface area contributed by atoms with E-state index in [9.17, 15) is 4.79 Å². The van der Waals surface area contributed by atoms with Gasteiger partial charge in [0.25, 0.3) is 0 Å². The summed E-state index contributed by atoms with van der Waals surface area (Å²) in [6.45, 7) is 3.12. The van der Waals surface area contributed by atoms with Gasteiger partial charge in [-0.1, -0.05) is 0 Å². The highest BCUT2D eigenvalue weighted by Crippen LogP contribution is 2.25. The molecule has 21 heavy (non-hydrogen) atoms. The Balaban J connectivity index is 1.49. The van der Waals surface area contributed by atoms with Crippen molar-refractivity contribution in [2.24, 2.45) is 0 Å². The van der Waals surface area contributed by atoms with Crippen molar-refractivity contribution in [2.75, 3.05) is 0 Å². The molecular weight excluding hydrogens is 264 g/mol. The van der Waals surface area contributed by atoms with Crippen LogP contribution in [-0.2, 0) is 11.3 Å². The summed E-state index contributed by atoms with van der Waals surface area (Å²) in [4.78, 5) is 16.0. The molecule has 2 heterocycles. The molecule has 0 spiro atoms. The average molecular weight is 290 g/mol. The molecule has 1 aromatic heterocycles. The highest BCUT2D eigenvalue weighted by Gasteiger charge is 2.23. The van der Waals surface area contributed by atoms with Crippen molar-refractivity contribution < 1.29 is 4.79 Å². The number of nitrogens with one attached hydrogen (secondary N) is 2. The van der Waals surface area contributed by atoms with Crippen LogP contribution in [0, 0.1) is 0 Å². The molecule has 1 aliphatic heterocycles. The van der Waals surface area contributed by atoms with Crippen LogP contribution in [0.15, 0.2) is 12.5 Å². The molecule has 1 saturated carbocycles. The van der Waals surface area contributed by atoms with Gasteiger partial charge in [0.1, 0.15) is 0 Å². The molecule has 3 rings (SSSR count). The molecule has 1 saturated heterocycles. The van der Waals surface area contributed by atoms with Crippen LogP contribution in [-0.4, -0.2) is 27.5 Å². The third kappa shape index (κ3) is 4.06. The maximum atomic E-state index is 11.7. The highest BCUT2D eigenvalue weighted by atomic mass is 16.1. The van der Waals surface area contributed by atoms with Crippen LogP contribution in [0.3, 0.4) is 0 Å². The lowest BCUT2D eigenvalue weighted by atomic mass is 9.97. The molecule has 2 N–H and O–H groups in total. The lowest BCUT2D eigenvalue weighted by Gasteiger charge is -2.29. The van der Waals surface area contributed by atoms with Gasteiger partial charge < -0.3 is 15.2 Å². The average Bonchev–Trinajstić information content (AvgIpc) is 3.14. The number of carbonyl (C=O) groups is 1. The van der Waals surface area contributed by atoms with Gasteiger partial charge in [0, 0.05) is 37.3 Å². The van der Waals surface area contributed by atoms with Gasteiger partial charge in [-0.05, 0) is 45.4 Å². The third-order valence-corrected chi connectivity index (χ3v) is 4.46. The topological polar surface area (TPSA) is 59.0 Å². The Morgan fingerprint density at radius 2 is 2.29 bits per heavy atom. The van der Waals surface area contributed by atoms with Gasteiger partial charge in [0.15, 0.2) is 0 Å². The van der Waals surface area contributed by atoms with E-state index in [0.29, 0.717) is 24.5 Å². The van der Waals surface area contributed by atoms with Crippen molar-refractivity contribution in [1.29, 1.82) is 0 Å². The maximum absolute atomic E-state index is 11.7. The Kier molecular flexibility index (Phi) is 4.58. The van der Waals surface area contributed by atoms with Gasteiger partial charge in [0.2, 0.25) is 5.91 Å². The van der Waals surface area contributed by atoms with E-state index in [2.05, 4.69) is 27.1 Å². The van der Waals surface area contributed by atoms with Gasteiger partial charge in [-0.3, -0.25) is 4.79 Å². The number of amides is 1. The molecule has 2 aliphatic rings. The van der Waals surface area contributed by atoms with Gasteiger partial charge in [-0.25, -0.2) is 4.98 Å². The minimum Gasteiger partial charge on any atom is -0.353 e. The van der Waals surface area contributed by atoms with Crippen LogP contribution in [0.25, 0.3) is 0 Å². The number of aryl methyl sites for hydroxylation is 1. The Labute approximate surface area is 126 Å². The molecular formula is C16H26N4O. The summed E-state index contributed by atoms with van der Waals surface area (Å²) in [5.74, 6) is 0.198. The fourth-order valence-corrected chi connectivity index (χ4v) is 3.12. The first kappa shape index (κ1) is 14.6. The number of piperidine rings is 1. The van der Waals surface area contributed by atoms with Crippen LogP contribution < -0.4 is 10.6 Å². The Morgan fingerprint density at radius 1 is 1.43 bits per heavy atom. The lowest BCUT2D eigenvalue weighted by molar-refractivity contribution is -0.121. The van der Waals surface area contributed by atoms with E-state index in [0.717, 1.165) is 25.8 Å². The van der Waals surface area contributed by atoms with Crippen LogP contribution >= 0.6 is 0 Å². The van der Waals surface area contributed by atoms with Crippen molar-refractivity contribution in [2.45, 2.75) is 76.5 Å². The van der Waals surface area contributed by atoms with E-state index in [1.807, 2.05) is 12.5 Å². The fourth-order valence-electron chi connectivity index (χ4n) is 3.12. The quantitative estimate of drug-likeness (QED) is 0.844. The smallest absolute Gasteiger partial charge is 0.220 e. The minimum atomic E-state index is 0.198. The van der Waals surface area contributed by atoms with Crippen molar-refractivity contribution in [3.05, 3.63) is 18.2 Å². The second-order valence-electron chi connectivity index (χ2n) is 6.51. The van der Waals surface area contributed by atoms with E-state index in [4.69, 9.17) is 0 Å². The molecule has 5 nitrogen and oxygen atoms in total. The normalized spacial score (nSPS) is 25.8. The second-order valence-corrected chi connectivity index (χ2v) is 6.51. The zero-order chi connectivity index (χ0) is 14.7. The Bertz CT molecular complexity index is 480. The summed E-state index contributed by atoms with van der Waals surface area (Å²) in [5.41, 5.74) is 1.27. The van der Waals surface area contributed by atoms with E-state index >= 15 is 0 Å². The molecule has 0 radical (unpaired) electrons.